The molecule has 5 nitrogen and oxygen atoms in total. The van der Waals surface area contributed by atoms with Gasteiger partial charge in [-0.15, -0.1) is 11.8 Å². The normalized spacial score (nSPS) is 19.0. The third kappa shape index (κ3) is 3.81. The number of thioether (sulfide) groups is 1. The fourth-order valence-electron chi connectivity index (χ4n) is 3.07. The molecule has 3 rings (SSSR count). The van der Waals surface area contributed by atoms with Crippen molar-refractivity contribution >= 4 is 17.7 Å². The Morgan fingerprint density at radius 3 is 2.48 bits per heavy atom. The Hall–Kier alpha value is -3.22. The lowest BCUT2D eigenvalue weighted by Crippen LogP contribution is -2.39. The lowest BCUT2D eigenvalue weighted by Gasteiger charge is -2.29. The molecule has 0 aromatic heterocycles. The summed E-state index contributed by atoms with van der Waals surface area (Å²) in [4.78, 5) is 12.6. The maximum Gasteiger partial charge on any atom is 0.243 e. The molecular weight excluding hydrogens is 358 g/mol. The van der Waals surface area contributed by atoms with Crippen molar-refractivity contribution in [1.82, 2.24) is 5.32 Å². The standard InChI is InChI=1S/C21H17N3O2S/c1-26-18-10-6-5-9-15(18)19-16(11-22)20(25)24-21(17(19)12-23)27-13-14-7-3-2-4-8-14/h2-10,16,19H,13H2,1H3,(H,24,25). The average molecular weight is 375 g/mol. The molecule has 0 aliphatic carbocycles. The fraction of sp³-hybridized carbons (Fsp3) is 0.190. The molecule has 1 amide bonds. The van der Waals surface area contributed by atoms with Crippen LogP contribution in [0.15, 0.2) is 65.2 Å². The van der Waals surface area contributed by atoms with E-state index in [0.29, 0.717) is 27.7 Å². The highest BCUT2D eigenvalue weighted by Crippen LogP contribution is 2.42. The number of nitrogens with zero attached hydrogens (tertiary/aromatic N) is 2. The number of rotatable bonds is 5. The molecule has 2 unspecified atom stereocenters. The Labute approximate surface area is 162 Å². The van der Waals surface area contributed by atoms with Crippen LogP contribution in [0.2, 0.25) is 0 Å². The molecule has 1 heterocycles. The minimum absolute atomic E-state index is 0.381. The quantitative estimate of drug-likeness (QED) is 0.861. The third-order valence-electron chi connectivity index (χ3n) is 4.37. The lowest BCUT2D eigenvalue weighted by molar-refractivity contribution is -0.123. The van der Waals surface area contributed by atoms with Gasteiger partial charge in [0.2, 0.25) is 5.91 Å². The number of para-hydroxylation sites is 1. The second-order valence-electron chi connectivity index (χ2n) is 5.94. The molecule has 2 atom stereocenters. The molecule has 1 aliphatic heterocycles. The van der Waals surface area contributed by atoms with Gasteiger partial charge in [0.05, 0.1) is 35.8 Å². The minimum atomic E-state index is -0.989. The predicted octanol–water partition coefficient (Wildman–Crippen LogP) is 3.72. The number of hydrogen-bond acceptors (Lipinski definition) is 5. The monoisotopic (exact) mass is 375 g/mol. The number of nitrogens with one attached hydrogen (secondary N) is 1. The molecule has 0 fully saturated rings. The van der Waals surface area contributed by atoms with Gasteiger partial charge in [-0.25, -0.2) is 0 Å². The first-order chi connectivity index (χ1) is 13.2. The summed E-state index contributed by atoms with van der Waals surface area (Å²) in [5, 5.41) is 22.6. The van der Waals surface area contributed by atoms with Gasteiger partial charge in [0.15, 0.2) is 0 Å². The smallest absolute Gasteiger partial charge is 0.243 e. The number of carbonyl (C=O) groups is 1. The Morgan fingerprint density at radius 1 is 1.11 bits per heavy atom. The highest BCUT2D eigenvalue weighted by molar-refractivity contribution is 8.02. The van der Waals surface area contributed by atoms with Crippen molar-refractivity contribution < 1.29 is 9.53 Å². The van der Waals surface area contributed by atoms with Gasteiger partial charge in [0.25, 0.3) is 0 Å². The van der Waals surface area contributed by atoms with E-state index in [4.69, 9.17) is 4.74 Å². The van der Waals surface area contributed by atoms with Gasteiger partial charge in [-0.05, 0) is 11.6 Å². The van der Waals surface area contributed by atoms with E-state index >= 15 is 0 Å². The number of carbonyl (C=O) groups excluding carboxylic acids is 1. The van der Waals surface area contributed by atoms with Crippen LogP contribution in [-0.4, -0.2) is 13.0 Å². The zero-order valence-corrected chi connectivity index (χ0v) is 15.5. The zero-order chi connectivity index (χ0) is 19.2. The molecule has 2 aromatic carbocycles. The van der Waals surface area contributed by atoms with Gasteiger partial charge in [-0.3, -0.25) is 4.79 Å². The molecule has 6 heteroatoms. The second-order valence-corrected chi connectivity index (χ2v) is 6.93. The molecule has 1 N–H and O–H groups in total. The Balaban J connectivity index is 2.03. The summed E-state index contributed by atoms with van der Waals surface area (Å²) >= 11 is 1.39. The second kappa shape index (κ2) is 8.44. The predicted molar refractivity (Wildman–Crippen MR) is 103 cm³/mol. The Morgan fingerprint density at radius 2 is 1.81 bits per heavy atom. The lowest BCUT2D eigenvalue weighted by atomic mass is 9.79. The van der Waals surface area contributed by atoms with Crippen molar-refractivity contribution in [2.24, 2.45) is 5.92 Å². The van der Waals surface area contributed by atoms with Crippen LogP contribution in [0.5, 0.6) is 5.75 Å². The molecule has 1 aliphatic rings. The van der Waals surface area contributed by atoms with Crippen molar-refractivity contribution in [3.63, 3.8) is 0 Å². The molecule has 0 radical (unpaired) electrons. The number of ether oxygens (including phenoxy) is 1. The van der Waals surface area contributed by atoms with E-state index in [2.05, 4.69) is 17.5 Å². The molecule has 2 aromatic rings. The van der Waals surface area contributed by atoms with Gasteiger partial charge in [0, 0.05) is 11.3 Å². The number of amides is 1. The van der Waals surface area contributed by atoms with Crippen molar-refractivity contribution in [2.75, 3.05) is 7.11 Å². The van der Waals surface area contributed by atoms with Crippen molar-refractivity contribution in [1.29, 1.82) is 10.5 Å². The van der Waals surface area contributed by atoms with Crippen molar-refractivity contribution in [2.45, 2.75) is 11.7 Å². The van der Waals surface area contributed by atoms with E-state index in [1.807, 2.05) is 42.5 Å². The van der Waals surface area contributed by atoms with E-state index in [9.17, 15) is 15.3 Å². The maximum atomic E-state index is 12.6. The van der Waals surface area contributed by atoms with Crippen LogP contribution in [0.25, 0.3) is 0 Å². The summed E-state index contributed by atoms with van der Waals surface area (Å²) in [7, 11) is 1.53. The van der Waals surface area contributed by atoms with Crippen LogP contribution in [-0.2, 0) is 10.5 Å². The van der Waals surface area contributed by atoms with E-state index < -0.39 is 17.7 Å². The third-order valence-corrected chi connectivity index (χ3v) is 5.46. The van der Waals surface area contributed by atoms with Crippen LogP contribution in [0, 0.1) is 28.6 Å². The summed E-state index contributed by atoms with van der Waals surface area (Å²) in [6, 6.07) is 21.2. The van der Waals surface area contributed by atoms with Crippen molar-refractivity contribution in [3.05, 3.63) is 76.3 Å². The molecule has 0 saturated heterocycles. The van der Waals surface area contributed by atoms with Gasteiger partial charge in [-0.1, -0.05) is 48.5 Å². The summed E-state index contributed by atoms with van der Waals surface area (Å²) in [5.74, 6) is -0.891. The van der Waals surface area contributed by atoms with Gasteiger partial charge in [0.1, 0.15) is 11.7 Å². The largest absolute Gasteiger partial charge is 0.496 e. The maximum absolute atomic E-state index is 12.6. The van der Waals surface area contributed by atoms with E-state index in [0.717, 1.165) is 5.56 Å². The Bertz CT molecular complexity index is 957. The van der Waals surface area contributed by atoms with Crippen LogP contribution in [0.4, 0.5) is 0 Å². The van der Waals surface area contributed by atoms with E-state index in [1.54, 1.807) is 12.1 Å². The number of nitriles is 2. The fourth-order valence-corrected chi connectivity index (χ4v) is 4.08. The summed E-state index contributed by atoms with van der Waals surface area (Å²) in [6.07, 6.45) is 0. The highest BCUT2D eigenvalue weighted by Gasteiger charge is 2.40. The summed E-state index contributed by atoms with van der Waals surface area (Å²) < 4.78 is 5.40. The molecule has 0 saturated carbocycles. The minimum Gasteiger partial charge on any atom is -0.496 e. The first-order valence-corrected chi connectivity index (χ1v) is 9.32. The molecule has 134 valence electrons. The van der Waals surface area contributed by atoms with E-state index in [1.165, 1.54) is 18.9 Å². The summed E-state index contributed by atoms with van der Waals surface area (Å²) in [6.45, 7) is 0. The topological polar surface area (TPSA) is 85.9 Å². The summed E-state index contributed by atoms with van der Waals surface area (Å²) in [5.41, 5.74) is 2.13. The first-order valence-electron chi connectivity index (χ1n) is 8.34. The number of allylic oxidation sites excluding steroid dienone is 1. The first kappa shape index (κ1) is 18.6. The molecule has 27 heavy (non-hydrogen) atoms. The SMILES string of the molecule is COc1ccccc1C1C(C#N)=C(SCc2ccccc2)NC(=O)C1C#N. The van der Waals surface area contributed by atoms with E-state index in [-0.39, 0.29) is 0 Å². The van der Waals surface area contributed by atoms with Crippen LogP contribution in [0.3, 0.4) is 0 Å². The molecule has 0 bridgehead atoms. The van der Waals surface area contributed by atoms with Crippen LogP contribution < -0.4 is 10.1 Å². The van der Waals surface area contributed by atoms with Crippen LogP contribution >= 0.6 is 11.8 Å². The number of hydrogen-bond donors (Lipinski definition) is 1. The van der Waals surface area contributed by atoms with Gasteiger partial charge in [-0.2, -0.15) is 10.5 Å². The zero-order valence-electron chi connectivity index (χ0n) is 14.7. The highest BCUT2D eigenvalue weighted by atomic mass is 32.2. The number of benzene rings is 2. The Kier molecular flexibility index (Phi) is 5.80. The average Bonchev–Trinajstić information content (AvgIpc) is 2.72. The van der Waals surface area contributed by atoms with Gasteiger partial charge >= 0.3 is 0 Å². The van der Waals surface area contributed by atoms with Crippen molar-refractivity contribution in [3.8, 4) is 17.9 Å². The van der Waals surface area contributed by atoms with Gasteiger partial charge < -0.3 is 10.1 Å². The number of methoxy groups -OCH3 is 1. The molecule has 0 spiro atoms. The van der Waals surface area contributed by atoms with Crippen LogP contribution in [0.1, 0.15) is 17.0 Å². The molecular formula is C21H17N3O2S.